The van der Waals surface area contributed by atoms with Gasteiger partial charge in [-0.1, -0.05) is 74.9 Å². The fourth-order valence-corrected chi connectivity index (χ4v) is 4.48. The number of benzene rings is 2. The van der Waals surface area contributed by atoms with Gasteiger partial charge in [0.05, 0.1) is 6.10 Å². The smallest absolute Gasteiger partial charge is 0.0753 e. The van der Waals surface area contributed by atoms with E-state index in [9.17, 15) is 5.11 Å². The lowest BCUT2D eigenvalue weighted by molar-refractivity contribution is 0.000517. The van der Waals surface area contributed by atoms with E-state index in [1.54, 1.807) is 0 Å². The fraction of sp³-hybridized carbons (Fsp3) is 0.481. The number of ether oxygens (including phenoxy) is 1. The van der Waals surface area contributed by atoms with Gasteiger partial charge in [0.25, 0.3) is 0 Å². The Kier molecular flexibility index (Phi) is 7.69. The zero-order chi connectivity index (χ0) is 20.8. The van der Waals surface area contributed by atoms with Crippen molar-refractivity contribution in [3.05, 3.63) is 71.3 Å². The molecule has 1 fully saturated rings. The molecule has 2 aromatic carbocycles. The molecule has 0 amide bonds. The van der Waals surface area contributed by atoms with Gasteiger partial charge in [-0.05, 0) is 72.3 Å². The molecular formula is C27H36O2. The summed E-state index contributed by atoms with van der Waals surface area (Å²) < 4.78 is 5.61. The molecule has 0 saturated carbocycles. The maximum Gasteiger partial charge on any atom is 0.0753 e. The van der Waals surface area contributed by atoms with Crippen LogP contribution < -0.4 is 0 Å². The number of aliphatic hydroxyl groups is 1. The van der Waals surface area contributed by atoms with Crippen LogP contribution in [0.25, 0.3) is 11.1 Å². The highest BCUT2D eigenvalue weighted by atomic mass is 16.5. The first-order valence-electron chi connectivity index (χ1n) is 11.1. The first kappa shape index (κ1) is 21.8. The van der Waals surface area contributed by atoms with Gasteiger partial charge < -0.3 is 9.84 Å². The van der Waals surface area contributed by atoms with Crippen LogP contribution in [0.1, 0.15) is 49.8 Å². The van der Waals surface area contributed by atoms with Crippen LogP contribution in [0.3, 0.4) is 0 Å². The Bertz CT molecular complexity index is 806. The summed E-state index contributed by atoms with van der Waals surface area (Å²) in [6.07, 6.45) is 4.32. The third kappa shape index (κ3) is 5.81. The van der Waals surface area contributed by atoms with Gasteiger partial charge >= 0.3 is 0 Å². The van der Waals surface area contributed by atoms with E-state index in [1.165, 1.54) is 27.8 Å². The van der Waals surface area contributed by atoms with Crippen LogP contribution in [0, 0.1) is 18.8 Å². The quantitative estimate of drug-likeness (QED) is 0.547. The minimum absolute atomic E-state index is 0.435. The molecule has 29 heavy (non-hydrogen) atoms. The zero-order valence-corrected chi connectivity index (χ0v) is 18.3. The van der Waals surface area contributed by atoms with Crippen molar-refractivity contribution in [1.82, 2.24) is 0 Å². The molecule has 3 rings (SSSR count). The number of aliphatic hydroxyl groups excluding tert-OH is 1. The summed E-state index contributed by atoms with van der Waals surface area (Å²) in [6, 6.07) is 15.5. The summed E-state index contributed by atoms with van der Waals surface area (Å²) in [7, 11) is 0. The minimum Gasteiger partial charge on any atom is -0.389 e. The molecule has 3 unspecified atom stereocenters. The van der Waals surface area contributed by atoms with Gasteiger partial charge in [0.15, 0.2) is 0 Å². The van der Waals surface area contributed by atoms with Crippen molar-refractivity contribution in [3.8, 4) is 11.1 Å². The lowest BCUT2D eigenvalue weighted by Crippen LogP contribution is -2.30. The molecule has 1 aliphatic rings. The average molecular weight is 393 g/mol. The van der Waals surface area contributed by atoms with Crippen molar-refractivity contribution in [3.63, 3.8) is 0 Å². The van der Waals surface area contributed by atoms with Gasteiger partial charge in [0.2, 0.25) is 0 Å². The lowest BCUT2D eigenvalue weighted by atomic mass is 9.81. The molecule has 0 aliphatic carbocycles. The molecule has 0 spiro atoms. The second-order valence-corrected chi connectivity index (χ2v) is 8.64. The van der Waals surface area contributed by atoms with Crippen molar-refractivity contribution >= 4 is 0 Å². The number of aryl methyl sites for hydroxylation is 2. The summed E-state index contributed by atoms with van der Waals surface area (Å²) in [5, 5.41) is 10.7. The molecule has 1 heterocycles. The molecule has 3 atom stereocenters. The molecule has 156 valence electrons. The molecule has 0 bridgehead atoms. The monoisotopic (exact) mass is 392 g/mol. The number of hydrogen-bond acceptors (Lipinski definition) is 2. The third-order valence-corrected chi connectivity index (χ3v) is 6.42. The van der Waals surface area contributed by atoms with Crippen molar-refractivity contribution < 1.29 is 9.84 Å². The molecule has 2 nitrogen and oxygen atoms in total. The molecule has 1 N–H and O–H groups in total. The predicted octanol–water partition coefficient (Wildman–Crippen LogP) is 6.14. The van der Waals surface area contributed by atoms with Crippen LogP contribution in [0.15, 0.2) is 54.6 Å². The highest BCUT2D eigenvalue weighted by Gasteiger charge is 2.27. The standard InChI is InChI=1S/C27H36O2/c1-5-21-13-19(3)14-26(16-21)24-9-7-22(8-10-24)15-20(4)27(28)17-25-11-12-29-18-23(25)6-2/h7-10,13-14,16,23,25,27-28H,4-6,11-12,15,17-18H2,1-3H3. The molecule has 0 aromatic heterocycles. The third-order valence-electron chi connectivity index (χ3n) is 6.42. The van der Waals surface area contributed by atoms with Crippen LogP contribution in [0.5, 0.6) is 0 Å². The highest BCUT2D eigenvalue weighted by molar-refractivity contribution is 5.65. The van der Waals surface area contributed by atoms with Gasteiger partial charge in [-0.2, -0.15) is 0 Å². The van der Waals surface area contributed by atoms with E-state index in [4.69, 9.17) is 4.74 Å². The summed E-state index contributed by atoms with van der Waals surface area (Å²) >= 11 is 0. The van der Waals surface area contributed by atoms with Crippen LogP contribution in [0.4, 0.5) is 0 Å². The summed E-state index contributed by atoms with van der Waals surface area (Å²) in [5.74, 6) is 1.10. The summed E-state index contributed by atoms with van der Waals surface area (Å²) in [4.78, 5) is 0. The summed E-state index contributed by atoms with van der Waals surface area (Å²) in [5.41, 5.74) is 7.32. The van der Waals surface area contributed by atoms with Gasteiger partial charge in [-0.25, -0.2) is 0 Å². The van der Waals surface area contributed by atoms with E-state index in [1.807, 2.05) is 0 Å². The second kappa shape index (κ2) is 10.2. The maximum atomic E-state index is 10.7. The molecule has 1 saturated heterocycles. The molecule has 2 aromatic rings. The molecule has 2 heteroatoms. The van der Waals surface area contributed by atoms with E-state index >= 15 is 0 Å². The second-order valence-electron chi connectivity index (χ2n) is 8.64. The number of rotatable bonds is 8. The van der Waals surface area contributed by atoms with Crippen molar-refractivity contribution in [2.75, 3.05) is 13.2 Å². The van der Waals surface area contributed by atoms with Crippen molar-refractivity contribution in [2.24, 2.45) is 11.8 Å². The fourth-order valence-electron chi connectivity index (χ4n) is 4.48. The first-order valence-corrected chi connectivity index (χ1v) is 11.1. The lowest BCUT2D eigenvalue weighted by Gasteiger charge is -2.32. The molecular weight excluding hydrogens is 356 g/mol. The molecule has 0 radical (unpaired) electrons. The zero-order valence-electron chi connectivity index (χ0n) is 18.3. The van der Waals surface area contributed by atoms with Crippen LogP contribution in [-0.4, -0.2) is 24.4 Å². The van der Waals surface area contributed by atoms with Gasteiger partial charge in [-0.15, -0.1) is 0 Å². The van der Waals surface area contributed by atoms with E-state index in [2.05, 4.69) is 69.8 Å². The van der Waals surface area contributed by atoms with Crippen LogP contribution in [0.2, 0.25) is 0 Å². The number of hydrogen-bond donors (Lipinski definition) is 1. The van der Waals surface area contributed by atoms with E-state index in [0.29, 0.717) is 11.8 Å². The molecule has 1 aliphatic heterocycles. The van der Waals surface area contributed by atoms with Gasteiger partial charge in [0, 0.05) is 13.2 Å². The topological polar surface area (TPSA) is 29.5 Å². The Hall–Kier alpha value is -1.90. The Morgan fingerprint density at radius 3 is 2.52 bits per heavy atom. The van der Waals surface area contributed by atoms with Crippen molar-refractivity contribution in [1.29, 1.82) is 0 Å². The van der Waals surface area contributed by atoms with E-state index < -0.39 is 6.10 Å². The highest BCUT2D eigenvalue weighted by Crippen LogP contribution is 2.30. The Balaban J connectivity index is 1.61. The predicted molar refractivity (Wildman–Crippen MR) is 122 cm³/mol. The SMILES string of the molecule is C=C(Cc1ccc(-c2cc(C)cc(CC)c2)cc1)C(O)CC1CCOCC1CC. The Morgan fingerprint density at radius 1 is 1.07 bits per heavy atom. The largest absolute Gasteiger partial charge is 0.389 e. The van der Waals surface area contributed by atoms with Crippen LogP contribution in [-0.2, 0) is 17.6 Å². The summed E-state index contributed by atoms with van der Waals surface area (Å²) in [6.45, 7) is 12.4. The van der Waals surface area contributed by atoms with Gasteiger partial charge in [-0.3, -0.25) is 0 Å². The van der Waals surface area contributed by atoms with E-state index in [0.717, 1.165) is 50.9 Å². The van der Waals surface area contributed by atoms with Gasteiger partial charge in [0.1, 0.15) is 0 Å². The van der Waals surface area contributed by atoms with E-state index in [-0.39, 0.29) is 0 Å². The van der Waals surface area contributed by atoms with Crippen molar-refractivity contribution in [2.45, 2.75) is 59.0 Å². The maximum absolute atomic E-state index is 10.7. The Morgan fingerprint density at radius 2 is 1.83 bits per heavy atom. The first-order chi connectivity index (χ1) is 14.0. The van der Waals surface area contributed by atoms with Crippen LogP contribution >= 0.6 is 0 Å². The average Bonchev–Trinajstić information content (AvgIpc) is 2.74. The Labute approximate surface area is 176 Å². The minimum atomic E-state index is -0.435. The normalized spacial score (nSPS) is 20.4.